The summed E-state index contributed by atoms with van der Waals surface area (Å²) < 4.78 is 0. The van der Waals surface area contributed by atoms with E-state index in [-0.39, 0.29) is 5.91 Å². The molecule has 0 bridgehead atoms. The first kappa shape index (κ1) is 16.7. The van der Waals surface area contributed by atoms with Crippen LogP contribution in [-0.2, 0) is 0 Å². The number of para-hydroxylation sites is 1. The van der Waals surface area contributed by atoms with E-state index < -0.39 is 0 Å². The van der Waals surface area contributed by atoms with Crippen LogP contribution in [0.1, 0.15) is 30.6 Å². The van der Waals surface area contributed by atoms with Gasteiger partial charge in [-0.15, -0.1) is 0 Å². The Balaban J connectivity index is 1.81. The summed E-state index contributed by atoms with van der Waals surface area (Å²) in [6.45, 7) is 6.09. The molecule has 1 aliphatic rings. The normalized spacial score (nSPS) is 20.3. The molecular weight excluding hydrogens is 322 g/mol. The molecule has 1 fully saturated rings. The number of likely N-dealkylation sites (tertiary alicyclic amines) is 1. The Labute approximate surface area is 153 Å². The third-order valence-corrected chi connectivity index (χ3v) is 5.06. The molecule has 3 aromatic rings. The lowest BCUT2D eigenvalue weighted by atomic mass is 9.91. The molecule has 0 saturated carbocycles. The van der Waals surface area contributed by atoms with Crippen LogP contribution in [0, 0.1) is 11.8 Å². The van der Waals surface area contributed by atoms with Gasteiger partial charge in [0.05, 0.1) is 16.8 Å². The van der Waals surface area contributed by atoms with Crippen molar-refractivity contribution in [3.63, 3.8) is 0 Å². The van der Waals surface area contributed by atoms with Crippen molar-refractivity contribution in [2.75, 3.05) is 13.1 Å². The van der Waals surface area contributed by atoms with Crippen LogP contribution in [0.2, 0.25) is 0 Å². The van der Waals surface area contributed by atoms with Gasteiger partial charge in [-0.2, -0.15) is 0 Å². The van der Waals surface area contributed by atoms with Crippen LogP contribution in [0.25, 0.3) is 22.2 Å². The summed E-state index contributed by atoms with van der Waals surface area (Å²) >= 11 is 0. The molecule has 3 heterocycles. The lowest BCUT2D eigenvalue weighted by molar-refractivity contribution is 0.0625. The number of pyridine rings is 2. The molecule has 1 amide bonds. The van der Waals surface area contributed by atoms with Crippen molar-refractivity contribution >= 4 is 16.8 Å². The maximum atomic E-state index is 13.4. The zero-order valence-electron chi connectivity index (χ0n) is 15.2. The second-order valence-electron chi connectivity index (χ2n) is 7.47. The predicted octanol–water partition coefficient (Wildman–Crippen LogP) is 4.41. The molecule has 4 heteroatoms. The Morgan fingerprint density at radius 3 is 2.58 bits per heavy atom. The average Bonchev–Trinajstić information content (AvgIpc) is 2.66. The van der Waals surface area contributed by atoms with Gasteiger partial charge in [0.15, 0.2) is 0 Å². The second-order valence-corrected chi connectivity index (χ2v) is 7.47. The Morgan fingerprint density at radius 2 is 1.85 bits per heavy atom. The van der Waals surface area contributed by atoms with Crippen molar-refractivity contribution in [2.45, 2.75) is 20.3 Å². The molecule has 2 aromatic heterocycles. The van der Waals surface area contributed by atoms with Crippen LogP contribution in [-0.4, -0.2) is 33.9 Å². The SMILES string of the molecule is CC1CC(C)CN(C(=O)c2cc(-c3cccnc3)nc3ccccc23)C1. The number of aromatic nitrogens is 2. The van der Waals surface area contributed by atoms with Gasteiger partial charge in [0.1, 0.15) is 0 Å². The van der Waals surface area contributed by atoms with Gasteiger partial charge in [-0.25, -0.2) is 4.98 Å². The quantitative estimate of drug-likeness (QED) is 0.691. The smallest absolute Gasteiger partial charge is 0.254 e. The Kier molecular flexibility index (Phi) is 4.41. The van der Waals surface area contributed by atoms with Crippen molar-refractivity contribution in [1.29, 1.82) is 0 Å². The van der Waals surface area contributed by atoms with Crippen molar-refractivity contribution in [1.82, 2.24) is 14.9 Å². The first-order valence-electron chi connectivity index (χ1n) is 9.21. The highest BCUT2D eigenvalue weighted by Crippen LogP contribution is 2.28. The number of hydrogen-bond acceptors (Lipinski definition) is 3. The van der Waals surface area contributed by atoms with Crippen LogP contribution in [0.5, 0.6) is 0 Å². The molecule has 4 nitrogen and oxygen atoms in total. The van der Waals surface area contributed by atoms with Gasteiger partial charge in [-0.05, 0) is 42.5 Å². The molecule has 26 heavy (non-hydrogen) atoms. The van der Waals surface area contributed by atoms with Gasteiger partial charge < -0.3 is 4.90 Å². The minimum Gasteiger partial charge on any atom is -0.338 e. The van der Waals surface area contributed by atoms with E-state index in [9.17, 15) is 4.79 Å². The van der Waals surface area contributed by atoms with E-state index in [1.165, 1.54) is 6.42 Å². The van der Waals surface area contributed by atoms with E-state index >= 15 is 0 Å². The number of carbonyl (C=O) groups is 1. The van der Waals surface area contributed by atoms with Crippen molar-refractivity contribution in [3.8, 4) is 11.3 Å². The molecule has 0 radical (unpaired) electrons. The van der Waals surface area contributed by atoms with Gasteiger partial charge in [-0.1, -0.05) is 32.0 Å². The second kappa shape index (κ2) is 6.87. The van der Waals surface area contributed by atoms with Gasteiger partial charge in [0.25, 0.3) is 5.91 Å². The first-order valence-corrected chi connectivity index (χ1v) is 9.21. The molecule has 4 rings (SSSR count). The summed E-state index contributed by atoms with van der Waals surface area (Å²) in [5.41, 5.74) is 3.29. The standard InChI is InChI=1S/C22H23N3O/c1-15-10-16(2)14-25(13-15)22(26)19-11-21(17-6-5-9-23-12-17)24-20-8-4-3-7-18(19)20/h3-9,11-12,15-16H,10,13-14H2,1-2H3. The number of fused-ring (bicyclic) bond motifs is 1. The third kappa shape index (κ3) is 3.19. The molecule has 1 aliphatic heterocycles. The van der Waals surface area contributed by atoms with Crippen molar-refractivity contribution < 1.29 is 4.79 Å². The van der Waals surface area contributed by atoms with Crippen molar-refractivity contribution in [3.05, 3.63) is 60.4 Å². The molecular formula is C22H23N3O. The molecule has 0 N–H and O–H groups in total. The van der Waals surface area contributed by atoms with E-state index in [4.69, 9.17) is 4.98 Å². The largest absolute Gasteiger partial charge is 0.338 e. The fourth-order valence-electron chi connectivity index (χ4n) is 4.01. The van der Waals surface area contributed by atoms with E-state index in [1.54, 1.807) is 12.4 Å². The average molecular weight is 345 g/mol. The van der Waals surface area contributed by atoms with E-state index in [1.807, 2.05) is 47.4 Å². The third-order valence-electron chi connectivity index (χ3n) is 5.06. The summed E-state index contributed by atoms with van der Waals surface area (Å²) in [7, 11) is 0. The minimum absolute atomic E-state index is 0.104. The molecule has 2 atom stereocenters. The maximum absolute atomic E-state index is 13.4. The number of nitrogens with zero attached hydrogens (tertiary/aromatic N) is 3. The van der Waals surface area contributed by atoms with E-state index in [0.717, 1.165) is 40.8 Å². The van der Waals surface area contributed by atoms with Gasteiger partial charge >= 0.3 is 0 Å². The Bertz CT molecular complexity index is 929. The number of rotatable bonds is 2. The summed E-state index contributed by atoms with van der Waals surface area (Å²) in [5.74, 6) is 1.18. The van der Waals surface area contributed by atoms with Crippen LogP contribution in [0.15, 0.2) is 54.9 Å². The molecule has 132 valence electrons. The summed E-state index contributed by atoms with van der Waals surface area (Å²) in [6.07, 6.45) is 4.71. The highest BCUT2D eigenvalue weighted by molar-refractivity contribution is 6.07. The van der Waals surface area contributed by atoms with Crippen LogP contribution in [0.3, 0.4) is 0 Å². The number of piperidine rings is 1. The summed E-state index contributed by atoms with van der Waals surface area (Å²) in [4.78, 5) is 24.3. The summed E-state index contributed by atoms with van der Waals surface area (Å²) in [5, 5.41) is 0.913. The molecule has 0 aliphatic carbocycles. The van der Waals surface area contributed by atoms with Gasteiger partial charge in [0.2, 0.25) is 0 Å². The maximum Gasteiger partial charge on any atom is 0.254 e. The zero-order chi connectivity index (χ0) is 18.1. The highest BCUT2D eigenvalue weighted by Gasteiger charge is 2.27. The number of amides is 1. The Hall–Kier alpha value is -2.75. The Morgan fingerprint density at radius 1 is 1.08 bits per heavy atom. The topological polar surface area (TPSA) is 46.1 Å². The first-order chi connectivity index (χ1) is 12.6. The minimum atomic E-state index is 0.104. The predicted molar refractivity (Wildman–Crippen MR) is 104 cm³/mol. The number of hydrogen-bond donors (Lipinski definition) is 0. The summed E-state index contributed by atoms with van der Waals surface area (Å²) in [6, 6.07) is 13.7. The molecule has 0 spiro atoms. The fraction of sp³-hybridized carbons (Fsp3) is 0.318. The zero-order valence-corrected chi connectivity index (χ0v) is 15.2. The monoisotopic (exact) mass is 345 g/mol. The number of benzene rings is 1. The van der Waals surface area contributed by atoms with E-state index in [0.29, 0.717) is 11.8 Å². The molecule has 2 unspecified atom stereocenters. The molecule has 1 aromatic carbocycles. The number of carbonyl (C=O) groups excluding carboxylic acids is 1. The fourth-order valence-corrected chi connectivity index (χ4v) is 4.01. The van der Waals surface area contributed by atoms with Crippen LogP contribution < -0.4 is 0 Å². The molecule has 1 saturated heterocycles. The van der Waals surface area contributed by atoms with E-state index in [2.05, 4.69) is 18.8 Å². The van der Waals surface area contributed by atoms with Gasteiger partial charge in [0, 0.05) is 36.4 Å². The van der Waals surface area contributed by atoms with Crippen LogP contribution >= 0.6 is 0 Å². The lowest BCUT2D eigenvalue weighted by Gasteiger charge is -2.35. The van der Waals surface area contributed by atoms with Gasteiger partial charge in [-0.3, -0.25) is 9.78 Å². The van der Waals surface area contributed by atoms with Crippen LogP contribution in [0.4, 0.5) is 0 Å². The highest BCUT2D eigenvalue weighted by atomic mass is 16.2. The van der Waals surface area contributed by atoms with Crippen molar-refractivity contribution in [2.24, 2.45) is 11.8 Å². The lowest BCUT2D eigenvalue weighted by Crippen LogP contribution is -2.42.